The molecule has 0 aliphatic carbocycles. The molecule has 0 radical (unpaired) electrons. The molecule has 0 aliphatic rings. The molecule has 0 saturated carbocycles. The van der Waals surface area contributed by atoms with Gasteiger partial charge >= 0.3 is 6.18 Å². The molecule has 0 aliphatic heterocycles. The molecule has 2 aromatic rings. The van der Waals surface area contributed by atoms with Crippen LogP contribution in [0.25, 0.3) is 0 Å². The summed E-state index contributed by atoms with van der Waals surface area (Å²) in [6.45, 7) is 3.31. The molecule has 0 aromatic carbocycles. The van der Waals surface area contributed by atoms with Crippen molar-refractivity contribution in [3.05, 3.63) is 41.0 Å². The molecule has 2 aromatic heterocycles. The smallest absolute Gasteiger partial charge is 0.361 e. The van der Waals surface area contributed by atoms with Gasteiger partial charge in [-0.3, -0.25) is 4.98 Å². The fourth-order valence-electron chi connectivity index (χ4n) is 1.92. The van der Waals surface area contributed by atoms with Crippen molar-refractivity contribution in [3.8, 4) is 0 Å². The molecule has 23 heavy (non-hydrogen) atoms. The maximum absolute atomic E-state index is 12.5. The van der Waals surface area contributed by atoms with Gasteiger partial charge in [-0.15, -0.1) is 0 Å². The molecule has 10 heteroatoms. The van der Waals surface area contributed by atoms with E-state index >= 15 is 0 Å². The Morgan fingerprint density at radius 3 is 2.35 bits per heavy atom. The molecule has 0 spiro atoms. The van der Waals surface area contributed by atoms with Gasteiger partial charge in [-0.05, 0) is 26.0 Å². The van der Waals surface area contributed by atoms with Crippen LogP contribution in [-0.4, -0.2) is 29.9 Å². The number of sulfonamides is 1. The van der Waals surface area contributed by atoms with E-state index in [1.165, 1.54) is 7.05 Å². The van der Waals surface area contributed by atoms with E-state index < -0.39 is 21.9 Å². The first-order valence-corrected chi connectivity index (χ1v) is 7.89. The number of pyridine rings is 1. The zero-order valence-electron chi connectivity index (χ0n) is 12.5. The van der Waals surface area contributed by atoms with Crippen molar-refractivity contribution in [3.63, 3.8) is 0 Å². The lowest BCUT2D eigenvalue weighted by Gasteiger charge is -2.17. The van der Waals surface area contributed by atoms with E-state index in [0.717, 1.165) is 10.4 Å². The number of halogens is 3. The van der Waals surface area contributed by atoms with E-state index in [1.807, 2.05) is 0 Å². The largest absolute Gasteiger partial charge is 0.433 e. The first-order chi connectivity index (χ1) is 10.5. The number of nitrogens with zero attached hydrogens (tertiary/aromatic N) is 3. The van der Waals surface area contributed by atoms with Crippen molar-refractivity contribution < 1.29 is 26.1 Å². The summed E-state index contributed by atoms with van der Waals surface area (Å²) < 4.78 is 68.2. The summed E-state index contributed by atoms with van der Waals surface area (Å²) in [7, 11) is -2.66. The average Bonchev–Trinajstić information content (AvgIpc) is 2.78. The lowest BCUT2D eigenvalue weighted by molar-refractivity contribution is -0.141. The van der Waals surface area contributed by atoms with Crippen LogP contribution < -0.4 is 0 Å². The lowest BCUT2D eigenvalue weighted by Crippen LogP contribution is -2.27. The highest BCUT2D eigenvalue weighted by atomic mass is 32.2. The van der Waals surface area contributed by atoms with Gasteiger partial charge in [0.2, 0.25) is 10.0 Å². The molecule has 0 fully saturated rings. The van der Waals surface area contributed by atoms with Crippen molar-refractivity contribution >= 4 is 10.0 Å². The fraction of sp³-hybridized carbons (Fsp3) is 0.385. The Morgan fingerprint density at radius 1 is 1.26 bits per heavy atom. The Morgan fingerprint density at radius 2 is 1.91 bits per heavy atom. The van der Waals surface area contributed by atoms with Crippen LogP contribution in [0.3, 0.4) is 0 Å². The molecule has 126 valence electrons. The van der Waals surface area contributed by atoms with Gasteiger partial charge in [-0.2, -0.15) is 17.5 Å². The summed E-state index contributed by atoms with van der Waals surface area (Å²) in [5.41, 5.74) is 0.0101. The van der Waals surface area contributed by atoms with Crippen LogP contribution in [0.4, 0.5) is 13.2 Å². The summed E-state index contributed by atoms with van der Waals surface area (Å²) >= 11 is 0. The van der Waals surface area contributed by atoms with E-state index in [0.29, 0.717) is 29.3 Å². The highest BCUT2D eigenvalue weighted by Gasteiger charge is 2.33. The van der Waals surface area contributed by atoms with Crippen LogP contribution in [0.1, 0.15) is 22.7 Å². The summed E-state index contributed by atoms with van der Waals surface area (Å²) in [4.78, 5) is 2.85. The van der Waals surface area contributed by atoms with Crippen molar-refractivity contribution in [2.24, 2.45) is 0 Å². The third-order valence-electron chi connectivity index (χ3n) is 3.30. The van der Waals surface area contributed by atoms with Gasteiger partial charge in [-0.25, -0.2) is 8.42 Å². The topological polar surface area (TPSA) is 76.3 Å². The van der Waals surface area contributed by atoms with Crippen LogP contribution in [0.15, 0.2) is 27.7 Å². The Labute approximate surface area is 131 Å². The maximum Gasteiger partial charge on any atom is 0.433 e. The molecule has 2 heterocycles. The average molecular weight is 349 g/mol. The second kappa shape index (κ2) is 5.93. The molecule has 0 N–H and O–H groups in total. The Kier molecular flexibility index (Phi) is 4.49. The summed E-state index contributed by atoms with van der Waals surface area (Å²) in [6, 6.07) is 1.52. The number of alkyl halides is 3. The molecule has 0 unspecified atom stereocenters. The first-order valence-electron chi connectivity index (χ1n) is 6.45. The number of hydrogen-bond donors (Lipinski definition) is 0. The number of hydrogen-bond acceptors (Lipinski definition) is 5. The Bertz CT molecular complexity index is 779. The van der Waals surface area contributed by atoms with Gasteiger partial charge in [0.25, 0.3) is 0 Å². The lowest BCUT2D eigenvalue weighted by atomic mass is 10.2. The van der Waals surface area contributed by atoms with Crippen LogP contribution in [-0.2, 0) is 22.7 Å². The standard InChI is InChI=1S/C13H14F3N3O3S/c1-8-11(9(2)22-18-8)7-19(3)23(20,21)10-4-5-12(17-6-10)13(14,15)16/h4-6H,7H2,1-3H3. The minimum atomic E-state index is -4.62. The van der Waals surface area contributed by atoms with Crippen molar-refractivity contribution in [1.29, 1.82) is 0 Å². The van der Waals surface area contributed by atoms with Crippen molar-refractivity contribution in [1.82, 2.24) is 14.4 Å². The molecule has 6 nitrogen and oxygen atoms in total. The third-order valence-corrected chi connectivity index (χ3v) is 5.08. The Hall–Kier alpha value is -1.94. The molecule has 0 bridgehead atoms. The first kappa shape index (κ1) is 17.4. The van der Waals surface area contributed by atoms with E-state index in [1.54, 1.807) is 13.8 Å². The molecule has 0 atom stereocenters. The normalized spacial score (nSPS) is 12.8. The van der Waals surface area contributed by atoms with Crippen LogP contribution >= 0.6 is 0 Å². The predicted octanol–water partition coefficient (Wildman–Crippen LogP) is 2.53. The van der Waals surface area contributed by atoms with Gasteiger partial charge in [0.05, 0.1) is 5.69 Å². The third kappa shape index (κ3) is 3.53. The molecule has 0 amide bonds. The second-order valence-electron chi connectivity index (χ2n) is 4.94. The van der Waals surface area contributed by atoms with E-state index in [-0.39, 0.29) is 11.4 Å². The van der Waals surface area contributed by atoms with Gasteiger partial charge < -0.3 is 4.52 Å². The number of aryl methyl sites for hydroxylation is 2. The zero-order chi connectivity index (χ0) is 17.4. The van der Waals surface area contributed by atoms with E-state index in [9.17, 15) is 21.6 Å². The molecular formula is C13H14F3N3O3S. The van der Waals surface area contributed by atoms with Crippen molar-refractivity contribution in [2.45, 2.75) is 31.5 Å². The summed E-state index contributed by atoms with van der Waals surface area (Å²) in [5, 5.41) is 3.73. The van der Waals surface area contributed by atoms with Crippen molar-refractivity contribution in [2.75, 3.05) is 7.05 Å². The summed E-state index contributed by atoms with van der Waals surface area (Å²) in [6.07, 6.45) is -3.92. The molecule has 0 saturated heterocycles. The zero-order valence-corrected chi connectivity index (χ0v) is 13.4. The van der Waals surface area contributed by atoms with E-state index in [2.05, 4.69) is 10.1 Å². The minimum Gasteiger partial charge on any atom is -0.361 e. The summed E-state index contributed by atoms with van der Waals surface area (Å²) in [5.74, 6) is 0.482. The fourth-order valence-corrected chi connectivity index (χ4v) is 3.00. The highest BCUT2D eigenvalue weighted by Crippen LogP contribution is 2.28. The highest BCUT2D eigenvalue weighted by molar-refractivity contribution is 7.89. The van der Waals surface area contributed by atoms with Gasteiger partial charge in [0.1, 0.15) is 16.3 Å². The monoisotopic (exact) mass is 349 g/mol. The maximum atomic E-state index is 12.5. The minimum absolute atomic E-state index is 0.00940. The van der Waals surface area contributed by atoms with Gasteiger partial charge in [0, 0.05) is 25.4 Å². The quantitative estimate of drug-likeness (QED) is 0.848. The van der Waals surface area contributed by atoms with Crippen LogP contribution in [0.5, 0.6) is 0 Å². The molecule has 2 rings (SSSR count). The second-order valence-corrected chi connectivity index (χ2v) is 6.99. The predicted molar refractivity (Wildman–Crippen MR) is 73.9 cm³/mol. The van der Waals surface area contributed by atoms with Gasteiger partial charge in [-0.1, -0.05) is 5.16 Å². The van der Waals surface area contributed by atoms with Crippen LogP contribution in [0, 0.1) is 13.8 Å². The Balaban J connectivity index is 2.27. The SMILES string of the molecule is Cc1noc(C)c1CN(C)S(=O)(=O)c1ccc(C(F)(F)F)nc1. The van der Waals surface area contributed by atoms with Gasteiger partial charge in [0.15, 0.2) is 0 Å². The van der Waals surface area contributed by atoms with E-state index in [4.69, 9.17) is 4.52 Å². The number of aromatic nitrogens is 2. The van der Waals surface area contributed by atoms with Crippen LogP contribution in [0.2, 0.25) is 0 Å². The number of rotatable bonds is 4. The molecular weight excluding hydrogens is 335 g/mol.